The Morgan fingerprint density at radius 3 is 0.861 bits per heavy atom. The van der Waals surface area contributed by atoms with E-state index < -0.39 is 6.10 Å². The first-order valence-corrected chi connectivity index (χ1v) is 33.0. The third kappa shape index (κ3) is 64.5. The van der Waals surface area contributed by atoms with Gasteiger partial charge < -0.3 is 14.2 Å². The van der Waals surface area contributed by atoms with Crippen molar-refractivity contribution >= 4 is 17.9 Å². The van der Waals surface area contributed by atoms with E-state index in [4.69, 9.17) is 14.2 Å². The molecule has 450 valence electrons. The maximum absolute atomic E-state index is 12.9. The van der Waals surface area contributed by atoms with Gasteiger partial charge in [-0.05, 0) is 116 Å². The maximum atomic E-state index is 12.9. The number of ether oxygens (including phenoxy) is 3. The van der Waals surface area contributed by atoms with Crippen molar-refractivity contribution < 1.29 is 28.6 Å². The molecule has 0 aliphatic carbocycles. The van der Waals surface area contributed by atoms with Crippen LogP contribution in [0.15, 0.2) is 122 Å². The Morgan fingerprint density at radius 2 is 0.519 bits per heavy atom. The van der Waals surface area contributed by atoms with Crippen molar-refractivity contribution in [2.75, 3.05) is 13.2 Å². The van der Waals surface area contributed by atoms with E-state index in [-0.39, 0.29) is 37.5 Å². The summed E-state index contributed by atoms with van der Waals surface area (Å²) in [7, 11) is 0. The molecular weight excluding hydrogens is 973 g/mol. The predicted molar refractivity (Wildman–Crippen MR) is 343 cm³/mol. The summed E-state index contributed by atoms with van der Waals surface area (Å²) in [5.74, 6) is -0.990. The zero-order valence-corrected chi connectivity index (χ0v) is 51.6. The van der Waals surface area contributed by atoms with E-state index in [9.17, 15) is 14.4 Å². The minimum Gasteiger partial charge on any atom is -0.462 e. The van der Waals surface area contributed by atoms with E-state index in [1.54, 1.807) is 0 Å². The Bertz CT molecular complexity index is 1640. The summed E-state index contributed by atoms with van der Waals surface area (Å²) in [6.45, 7) is 6.36. The van der Waals surface area contributed by atoms with Gasteiger partial charge in [-0.25, -0.2) is 0 Å². The van der Waals surface area contributed by atoms with Crippen LogP contribution in [0.1, 0.15) is 303 Å². The van der Waals surface area contributed by atoms with Crippen LogP contribution in [0.2, 0.25) is 0 Å². The van der Waals surface area contributed by atoms with Crippen molar-refractivity contribution in [1.82, 2.24) is 0 Å². The van der Waals surface area contributed by atoms with Gasteiger partial charge in [-0.3, -0.25) is 14.4 Å². The Morgan fingerprint density at radius 1 is 0.266 bits per heavy atom. The van der Waals surface area contributed by atoms with Crippen LogP contribution in [0.4, 0.5) is 0 Å². The highest BCUT2D eigenvalue weighted by Crippen LogP contribution is 2.16. The lowest BCUT2D eigenvalue weighted by Crippen LogP contribution is -2.30. The smallest absolute Gasteiger partial charge is 0.306 e. The standard InChI is InChI=1S/C73H122O6/c1-4-7-10-13-16-19-22-25-27-29-31-33-35-36-38-39-41-43-45-48-51-54-57-60-63-66-72(75)78-69-70(68-77-71(74)65-62-59-56-53-50-47-24-21-18-15-12-9-6-3)79-73(76)67-64-61-58-55-52-49-46-44-42-40-37-34-32-30-28-26-23-20-17-14-11-8-5-2/h7,9-10,12,16,18-19,21,25,27,30-33,36,38,47,50,56,59,70H,4-6,8,11,13-15,17,20,22-24,26,28-29,34-35,37,39-46,48-49,51-55,57-58,60-69H2,1-3H3/b10-7-,12-9-,19-16-,21-18-,27-25-,32-30-,33-31-,38-36-,50-47-,59-56-. The van der Waals surface area contributed by atoms with Crippen molar-refractivity contribution in [1.29, 1.82) is 0 Å². The van der Waals surface area contributed by atoms with Crippen LogP contribution in [-0.2, 0) is 28.6 Å². The number of unbranched alkanes of at least 4 members (excludes halogenated alkanes) is 28. The molecule has 0 spiro atoms. The van der Waals surface area contributed by atoms with Gasteiger partial charge in [0.15, 0.2) is 6.10 Å². The minimum absolute atomic E-state index is 0.105. The Labute approximate surface area is 488 Å². The molecule has 0 rings (SSSR count). The molecule has 0 radical (unpaired) electrons. The molecule has 1 unspecified atom stereocenters. The SMILES string of the molecule is CC/C=C\C/C=C\C/C=C\C/C=C\C/C=C\CCCCCCCCCCCC(=O)OCC(COC(=O)CC/C=C\C/C=C\C/C=C\C/C=C\CC)OC(=O)CCCCCCCCCCCCC/C=C\CCCCCCCCCC. The molecule has 0 fully saturated rings. The van der Waals surface area contributed by atoms with Crippen LogP contribution >= 0.6 is 0 Å². The molecule has 0 saturated heterocycles. The molecule has 0 N–H and O–H groups in total. The summed E-state index contributed by atoms with van der Waals surface area (Å²) in [6, 6.07) is 0. The van der Waals surface area contributed by atoms with Crippen LogP contribution in [0.5, 0.6) is 0 Å². The molecular formula is C73H122O6. The lowest BCUT2D eigenvalue weighted by Gasteiger charge is -2.18. The highest BCUT2D eigenvalue weighted by molar-refractivity contribution is 5.71. The molecule has 0 heterocycles. The fourth-order valence-electron chi connectivity index (χ4n) is 9.07. The Balaban J connectivity index is 4.37. The number of rotatable bonds is 59. The first-order chi connectivity index (χ1) is 39.0. The quantitative estimate of drug-likeness (QED) is 0.0261. The van der Waals surface area contributed by atoms with Gasteiger partial charge >= 0.3 is 17.9 Å². The summed E-state index contributed by atoms with van der Waals surface area (Å²) < 4.78 is 16.9. The van der Waals surface area contributed by atoms with Crippen molar-refractivity contribution in [3.63, 3.8) is 0 Å². The zero-order valence-electron chi connectivity index (χ0n) is 51.6. The van der Waals surface area contributed by atoms with Crippen LogP contribution < -0.4 is 0 Å². The van der Waals surface area contributed by atoms with Gasteiger partial charge in [-0.1, -0.05) is 290 Å². The van der Waals surface area contributed by atoms with Gasteiger partial charge in [0.2, 0.25) is 0 Å². The second kappa shape index (κ2) is 66.3. The van der Waals surface area contributed by atoms with Crippen LogP contribution in [0.3, 0.4) is 0 Å². The molecule has 6 nitrogen and oxygen atoms in total. The second-order valence-electron chi connectivity index (χ2n) is 21.6. The lowest BCUT2D eigenvalue weighted by molar-refractivity contribution is -0.166. The average molecular weight is 1100 g/mol. The van der Waals surface area contributed by atoms with Gasteiger partial charge in [0.25, 0.3) is 0 Å². The molecule has 0 aliphatic rings. The number of esters is 3. The summed E-state index contributed by atoms with van der Waals surface area (Å²) in [5.41, 5.74) is 0. The molecule has 0 saturated carbocycles. The van der Waals surface area contributed by atoms with E-state index in [0.29, 0.717) is 19.3 Å². The van der Waals surface area contributed by atoms with Crippen molar-refractivity contribution in [3.05, 3.63) is 122 Å². The molecule has 1 atom stereocenters. The third-order valence-electron chi connectivity index (χ3n) is 13.9. The van der Waals surface area contributed by atoms with Crippen molar-refractivity contribution in [2.45, 2.75) is 309 Å². The maximum Gasteiger partial charge on any atom is 0.306 e. The highest BCUT2D eigenvalue weighted by Gasteiger charge is 2.19. The molecule has 6 heteroatoms. The van der Waals surface area contributed by atoms with Gasteiger partial charge in [-0.2, -0.15) is 0 Å². The topological polar surface area (TPSA) is 78.9 Å². The monoisotopic (exact) mass is 1090 g/mol. The van der Waals surface area contributed by atoms with Crippen LogP contribution in [0.25, 0.3) is 0 Å². The van der Waals surface area contributed by atoms with Crippen LogP contribution in [-0.4, -0.2) is 37.2 Å². The fraction of sp³-hybridized carbons (Fsp3) is 0.685. The van der Waals surface area contributed by atoms with Gasteiger partial charge in [0.05, 0.1) is 0 Å². The van der Waals surface area contributed by atoms with Gasteiger partial charge in [-0.15, -0.1) is 0 Å². The second-order valence-corrected chi connectivity index (χ2v) is 21.6. The van der Waals surface area contributed by atoms with Crippen molar-refractivity contribution in [3.8, 4) is 0 Å². The fourth-order valence-corrected chi connectivity index (χ4v) is 9.07. The Hall–Kier alpha value is -4.19. The Kier molecular flexibility index (Phi) is 62.8. The van der Waals surface area contributed by atoms with E-state index in [0.717, 1.165) is 103 Å². The summed E-state index contributed by atoms with van der Waals surface area (Å²) in [4.78, 5) is 38.3. The molecule has 0 aromatic rings. The first kappa shape index (κ1) is 74.8. The molecule has 0 bridgehead atoms. The van der Waals surface area contributed by atoms with E-state index in [2.05, 4.69) is 136 Å². The molecule has 0 amide bonds. The molecule has 0 aromatic carbocycles. The van der Waals surface area contributed by atoms with Crippen LogP contribution in [0, 0.1) is 0 Å². The number of carbonyl (C=O) groups is 3. The number of hydrogen-bond acceptors (Lipinski definition) is 6. The first-order valence-electron chi connectivity index (χ1n) is 33.0. The molecule has 0 aromatic heterocycles. The summed E-state index contributed by atoms with van der Waals surface area (Å²) >= 11 is 0. The van der Waals surface area contributed by atoms with Gasteiger partial charge in [0.1, 0.15) is 13.2 Å². The largest absolute Gasteiger partial charge is 0.462 e. The zero-order chi connectivity index (χ0) is 57.1. The molecule has 79 heavy (non-hydrogen) atoms. The highest BCUT2D eigenvalue weighted by atomic mass is 16.6. The average Bonchev–Trinajstić information content (AvgIpc) is 3.45. The summed E-state index contributed by atoms with van der Waals surface area (Å²) in [6.07, 6.45) is 92.3. The van der Waals surface area contributed by atoms with E-state index >= 15 is 0 Å². The predicted octanol–water partition coefficient (Wildman–Crippen LogP) is 22.8. The number of hydrogen-bond donors (Lipinski definition) is 0. The van der Waals surface area contributed by atoms with E-state index in [1.165, 1.54) is 154 Å². The number of allylic oxidation sites excluding steroid dienone is 20. The summed E-state index contributed by atoms with van der Waals surface area (Å²) in [5, 5.41) is 0. The lowest BCUT2D eigenvalue weighted by atomic mass is 10.0. The minimum atomic E-state index is -0.814. The van der Waals surface area contributed by atoms with E-state index in [1.807, 2.05) is 6.08 Å². The third-order valence-corrected chi connectivity index (χ3v) is 13.9. The number of carbonyl (C=O) groups excluding carboxylic acids is 3. The van der Waals surface area contributed by atoms with Gasteiger partial charge in [0, 0.05) is 19.3 Å². The molecule has 0 aliphatic heterocycles. The van der Waals surface area contributed by atoms with Crippen molar-refractivity contribution in [2.24, 2.45) is 0 Å². The normalized spacial score (nSPS) is 12.9.